The molecule has 0 spiro atoms. The standard InChI is InChI=1S/C29H30ClFN6O4/c30-22-11-18(6-7-23(22)31)34-29-21-12-25(26(41-20-3-1-4-20)13-24(21)32-17-33-29)35-27(38)5-2-8-36-9-10-37-15-28(39)40-16-19(37)14-36/h2,5-7,11-13,17,19-20H,1,3-4,8-10,14-16H2,(H,35,38)(H,32,33,34). The predicted molar refractivity (Wildman–Crippen MR) is 153 cm³/mol. The number of cyclic esters (lactones) is 1. The van der Waals surface area contributed by atoms with E-state index in [0.717, 1.165) is 38.9 Å². The summed E-state index contributed by atoms with van der Waals surface area (Å²) >= 11 is 5.95. The lowest BCUT2D eigenvalue weighted by Gasteiger charge is -2.42. The summed E-state index contributed by atoms with van der Waals surface area (Å²) in [4.78, 5) is 37.7. The van der Waals surface area contributed by atoms with E-state index in [4.69, 9.17) is 21.1 Å². The zero-order valence-corrected chi connectivity index (χ0v) is 23.1. The highest BCUT2D eigenvalue weighted by Crippen LogP contribution is 2.36. The van der Waals surface area contributed by atoms with Gasteiger partial charge in [0, 0.05) is 49.4 Å². The van der Waals surface area contributed by atoms with Crippen molar-refractivity contribution in [2.75, 3.05) is 50.0 Å². The van der Waals surface area contributed by atoms with Gasteiger partial charge in [0.2, 0.25) is 5.91 Å². The summed E-state index contributed by atoms with van der Waals surface area (Å²) in [6.45, 7) is 3.74. The van der Waals surface area contributed by atoms with Crippen LogP contribution in [0.15, 0.2) is 48.8 Å². The van der Waals surface area contributed by atoms with Gasteiger partial charge in [0.05, 0.1) is 34.9 Å². The molecule has 1 amide bonds. The summed E-state index contributed by atoms with van der Waals surface area (Å²) in [5, 5.41) is 6.77. The Balaban J connectivity index is 1.17. The van der Waals surface area contributed by atoms with Crippen LogP contribution in [-0.4, -0.2) is 83.1 Å². The molecule has 1 saturated carbocycles. The number of aromatic nitrogens is 2. The second-order valence-corrected chi connectivity index (χ2v) is 10.9. The third kappa shape index (κ3) is 6.42. The minimum absolute atomic E-state index is 0.00617. The van der Waals surface area contributed by atoms with Crippen LogP contribution in [-0.2, 0) is 14.3 Å². The zero-order chi connectivity index (χ0) is 28.3. The summed E-state index contributed by atoms with van der Waals surface area (Å²) in [6.07, 6.45) is 7.91. The van der Waals surface area contributed by atoms with E-state index < -0.39 is 5.82 Å². The van der Waals surface area contributed by atoms with E-state index in [-0.39, 0.29) is 29.0 Å². The van der Waals surface area contributed by atoms with Gasteiger partial charge in [-0.2, -0.15) is 0 Å². The van der Waals surface area contributed by atoms with Gasteiger partial charge in [-0.3, -0.25) is 19.4 Å². The minimum atomic E-state index is -0.512. The Morgan fingerprint density at radius 3 is 2.90 bits per heavy atom. The molecule has 1 aliphatic carbocycles. The molecule has 0 bridgehead atoms. The molecular weight excluding hydrogens is 551 g/mol. The Hall–Kier alpha value is -3.80. The third-order valence-corrected chi connectivity index (χ3v) is 7.90. The van der Waals surface area contributed by atoms with E-state index in [2.05, 4.69) is 30.4 Å². The van der Waals surface area contributed by atoms with Crippen molar-refractivity contribution in [2.45, 2.75) is 31.4 Å². The lowest BCUT2D eigenvalue weighted by atomic mass is 9.96. The van der Waals surface area contributed by atoms with Gasteiger partial charge in [-0.25, -0.2) is 14.4 Å². The number of amides is 1. The average Bonchev–Trinajstić information content (AvgIpc) is 2.93. The first-order valence-electron chi connectivity index (χ1n) is 13.7. The van der Waals surface area contributed by atoms with E-state index in [1.54, 1.807) is 18.2 Å². The lowest BCUT2D eigenvalue weighted by Crippen LogP contribution is -2.59. The number of anilines is 3. The maximum absolute atomic E-state index is 13.7. The molecule has 3 aromatic rings. The van der Waals surface area contributed by atoms with Crippen LogP contribution in [0.5, 0.6) is 5.75 Å². The first-order chi connectivity index (χ1) is 19.9. The summed E-state index contributed by atoms with van der Waals surface area (Å²) in [7, 11) is 0. The average molecular weight is 581 g/mol. The molecule has 2 saturated heterocycles. The number of benzene rings is 2. The Labute approximate surface area is 241 Å². The summed E-state index contributed by atoms with van der Waals surface area (Å²) in [5.74, 6) is 0.0508. The summed E-state index contributed by atoms with van der Waals surface area (Å²) in [6, 6.07) is 8.09. The Kier molecular flexibility index (Phi) is 8.00. The fraction of sp³-hybridized carbons (Fsp3) is 0.379. The number of carbonyl (C=O) groups is 2. The van der Waals surface area contributed by atoms with Crippen molar-refractivity contribution in [3.63, 3.8) is 0 Å². The van der Waals surface area contributed by atoms with Crippen LogP contribution in [0.25, 0.3) is 10.9 Å². The van der Waals surface area contributed by atoms with Crippen molar-refractivity contribution >= 4 is 51.6 Å². The number of ether oxygens (including phenoxy) is 2. The molecule has 0 radical (unpaired) electrons. The van der Waals surface area contributed by atoms with Gasteiger partial charge in [-0.15, -0.1) is 0 Å². The van der Waals surface area contributed by atoms with E-state index in [9.17, 15) is 14.0 Å². The van der Waals surface area contributed by atoms with Crippen LogP contribution in [0.2, 0.25) is 5.02 Å². The molecule has 2 aromatic carbocycles. The first-order valence-corrected chi connectivity index (χ1v) is 14.1. The molecule has 10 nitrogen and oxygen atoms in total. The quantitative estimate of drug-likeness (QED) is 0.300. The molecule has 1 aromatic heterocycles. The van der Waals surface area contributed by atoms with Crippen LogP contribution < -0.4 is 15.4 Å². The normalized spacial score (nSPS) is 20.0. The first kappa shape index (κ1) is 27.4. The largest absolute Gasteiger partial charge is 0.488 e. The Morgan fingerprint density at radius 1 is 1.22 bits per heavy atom. The molecule has 2 aliphatic heterocycles. The molecule has 2 N–H and O–H groups in total. The molecule has 1 unspecified atom stereocenters. The van der Waals surface area contributed by atoms with Crippen LogP contribution in [0, 0.1) is 5.82 Å². The number of morpholine rings is 1. The summed E-state index contributed by atoms with van der Waals surface area (Å²) < 4.78 is 25.1. The van der Waals surface area contributed by atoms with Crippen LogP contribution >= 0.6 is 11.6 Å². The van der Waals surface area contributed by atoms with Crippen LogP contribution in [0.4, 0.5) is 21.6 Å². The van der Waals surface area contributed by atoms with Crippen molar-refractivity contribution in [1.82, 2.24) is 19.8 Å². The van der Waals surface area contributed by atoms with Crippen molar-refractivity contribution in [2.24, 2.45) is 0 Å². The monoisotopic (exact) mass is 580 g/mol. The van der Waals surface area contributed by atoms with Crippen molar-refractivity contribution in [3.05, 3.63) is 59.7 Å². The fourth-order valence-electron chi connectivity index (χ4n) is 5.13. The summed E-state index contributed by atoms with van der Waals surface area (Å²) in [5.41, 5.74) is 1.70. The van der Waals surface area contributed by atoms with Gasteiger partial charge < -0.3 is 20.1 Å². The van der Waals surface area contributed by atoms with Crippen LogP contribution in [0.3, 0.4) is 0 Å². The molecule has 6 rings (SSSR count). The molecule has 214 valence electrons. The molecule has 1 atom stereocenters. The van der Waals surface area contributed by atoms with Gasteiger partial charge in [-0.1, -0.05) is 17.7 Å². The number of rotatable bonds is 8. The molecule has 3 heterocycles. The van der Waals surface area contributed by atoms with Crippen molar-refractivity contribution in [1.29, 1.82) is 0 Å². The Morgan fingerprint density at radius 2 is 2.10 bits per heavy atom. The lowest BCUT2D eigenvalue weighted by molar-refractivity contribution is -0.157. The highest BCUT2D eigenvalue weighted by atomic mass is 35.5. The van der Waals surface area contributed by atoms with Crippen LogP contribution in [0.1, 0.15) is 19.3 Å². The van der Waals surface area contributed by atoms with Gasteiger partial charge in [0.25, 0.3) is 0 Å². The molecule has 3 aliphatic rings. The second kappa shape index (κ2) is 12.0. The smallest absolute Gasteiger partial charge is 0.320 e. The fourth-order valence-corrected chi connectivity index (χ4v) is 5.31. The number of hydrogen-bond acceptors (Lipinski definition) is 9. The van der Waals surface area contributed by atoms with Gasteiger partial charge in [0.15, 0.2) is 0 Å². The predicted octanol–water partition coefficient (Wildman–Crippen LogP) is 4.13. The van der Waals surface area contributed by atoms with Gasteiger partial charge in [0.1, 0.15) is 30.3 Å². The molecular formula is C29H30ClFN6O4. The molecule has 12 heteroatoms. The molecule has 41 heavy (non-hydrogen) atoms. The highest BCUT2D eigenvalue weighted by Gasteiger charge is 2.32. The maximum atomic E-state index is 13.7. The maximum Gasteiger partial charge on any atom is 0.320 e. The van der Waals surface area contributed by atoms with E-state index in [1.807, 2.05) is 6.08 Å². The second-order valence-electron chi connectivity index (χ2n) is 10.5. The van der Waals surface area contributed by atoms with Gasteiger partial charge >= 0.3 is 5.97 Å². The number of piperazine rings is 1. The number of hydrogen-bond donors (Lipinski definition) is 2. The topological polar surface area (TPSA) is 109 Å². The number of carbonyl (C=O) groups excluding carboxylic acids is 2. The van der Waals surface area contributed by atoms with Gasteiger partial charge in [-0.05, 0) is 43.5 Å². The van der Waals surface area contributed by atoms with Crippen molar-refractivity contribution < 1.29 is 23.5 Å². The number of halogens is 2. The minimum Gasteiger partial charge on any atom is -0.488 e. The van der Waals surface area contributed by atoms with E-state index in [0.29, 0.717) is 53.5 Å². The van der Waals surface area contributed by atoms with E-state index in [1.165, 1.54) is 24.5 Å². The Bertz CT molecular complexity index is 1500. The van der Waals surface area contributed by atoms with E-state index >= 15 is 0 Å². The zero-order valence-electron chi connectivity index (χ0n) is 22.3. The number of fused-ring (bicyclic) bond motifs is 2. The number of esters is 1. The van der Waals surface area contributed by atoms with Crippen molar-refractivity contribution in [3.8, 4) is 5.75 Å². The SMILES string of the molecule is O=C(C=CCN1CCN2CC(=O)OCC2C1)Nc1cc2c(Nc3ccc(F)c(Cl)c3)ncnc2cc1OC1CCC1. The third-order valence-electron chi connectivity index (χ3n) is 7.61. The highest BCUT2D eigenvalue weighted by molar-refractivity contribution is 6.31. The molecule has 3 fully saturated rings. The number of nitrogens with one attached hydrogen (secondary N) is 2. The number of nitrogens with zero attached hydrogens (tertiary/aromatic N) is 4.